The summed E-state index contributed by atoms with van der Waals surface area (Å²) in [5.74, 6) is 0. The van der Waals surface area contributed by atoms with Crippen LogP contribution in [-0.2, 0) is 20.5 Å². The van der Waals surface area contributed by atoms with E-state index in [4.69, 9.17) is 13.9 Å². The SMILES string of the molecule is CC(C)(C)[Si](C)(C)O[C@@H]1C[C@H]2C=C[C@@]1(COCc1ccccc1)O2. The molecule has 4 heteroatoms. The summed E-state index contributed by atoms with van der Waals surface area (Å²) in [5, 5.41) is 0.199. The van der Waals surface area contributed by atoms with E-state index in [1.54, 1.807) is 0 Å². The van der Waals surface area contributed by atoms with Gasteiger partial charge in [-0.2, -0.15) is 0 Å². The van der Waals surface area contributed by atoms with E-state index >= 15 is 0 Å². The molecule has 1 fully saturated rings. The van der Waals surface area contributed by atoms with Crippen LogP contribution in [0.1, 0.15) is 32.8 Å². The van der Waals surface area contributed by atoms with Crippen LogP contribution in [0.3, 0.4) is 0 Å². The third-order valence-corrected chi connectivity index (χ3v) is 10.1. The van der Waals surface area contributed by atoms with Gasteiger partial charge in [-0.3, -0.25) is 0 Å². The minimum atomic E-state index is -1.83. The van der Waals surface area contributed by atoms with Crippen molar-refractivity contribution in [2.45, 2.75) is 69.7 Å². The molecule has 3 atom stereocenters. The number of hydrogen-bond donors (Lipinski definition) is 0. The molecule has 0 aromatic heterocycles. The minimum Gasteiger partial charge on any atom is -0.410 e. The van der Waals surface area contributed by atoms with Crippen LogP contribution in [0, 0.1) is 0 Å². The number of fused-ring (bicyclic) bond motifs is 2. The molecule has 0 unspecified atom stereocenters. The maximum atomic E-state index is 6.69. The van der Waals surface area contributed by atoms with Crippen molar-refractivity contribution in [1.29, 1.82) is 0 Å². The van der Waals surface area contributed by atoms with Crippen LogP contribution < -0.4 is 0 Å². The van der Waals surface area contributed by atoms with Gasteiger partial charge >= 0.3 is 0 Å². The standard InChI is InChI=1S/C20H30O3Si/c1-19(2,3)24(4,5)23-18-13-17-11-12-20(18,22-17)15-21-14-16-9-7-6-8-10-16/h6-12,17-18H,13-15H2,1-5H3/t17-,18-,20+/m1/s1. The Morgan fingerprint density at radius 1 is 1.21 bits per heavy atom. The summed E-state index contributed by atoms with van der Waals surface area (Å²) in [7, 11) is -1.83. The van der Waals surface area contributed by atoms with E-state index in [1.165, 1.54) is 5.56 Å². The molecule has 3 nitrogen and oxygen atoms in total. The van der Waals surface area contributed by atoms with Crippen LogP contribution in [0.2, 0.25) is 18.1 Å². The predicted molar refractivity (Wildman–Crippen MR) is 99.5 cm³/mol. The topological polar surface area (TPSA) is 27.7 Å². The zero-order valence-corrected chi connectivity index (χ0v) is 16.5. The molecule has 1 saturated heterocycles. The fourth-order valence-electron chi connectivity index (χ4n) is 3.11. The lowest BCUT2D eigenvalue weighted by molar-refractivity contribution is -0.0775. The molecule has 2 aliphatic heterocycles. The van der Waals surface area contributed by atoms with Gasteiger partial charge in [0.1, 0.15) is 5.60 Å². The molecule has 0 N–H and O–H groups in total. The maximum absolute atomic E-state index is 6.69. The van der Waals surface area contributed by atoms with Crippen LogP contribution in [0.5, 0.6) is 0 Å². The second-order valence-corrected chi connectivity index (χ2v) is 13.3. The molecule has 2 heterocycles. The van der Waals surface area contributed by atoms with Crippen LogP contribution >= 0.6 is 0 Å². The predicted octanol–water partition coefficient (Wildman–Crippen LogP) is 4.69. The highest BCUT2D eigenvalue weighted by Gasteiger charge is 2.54. The average Bonchev–Trinajstić information content (AvgIpc) is 3.04. The Balaban J connectivity index is 1.65. The fourth-order valence-corrected chi connectivity index (χ4v) is 4.47. The molecule has 24 heavy (non-hydrogen) atoms. The molecule has 0 spiro atoms. The highest BCUT2D eigenvalue weighted by molar-refractivity contribution is 6.74. The first-order chi connectivity index (χ1) is 11.2. The first-order valence-electron chi connectivity index (χ1n) is 8.89. The number of rotatable bonds is 6. The summed E-state index contributed by atoms with van der Waals surface area (Å²) in [6.07, 6.45) is 5.56. The Hall–Kier alpha value is -0.943. The van der Waals surface area contributed by atoms with E-state index in [2.05, 4.69) is 58.2 Å². The third kappa shape index (κ3) is 3.52. The van der Waals surface area contributed by atoms with Gasteiger partial charge in [-0.25, -0.2) is 0 Å². The fraction of sp³-hybridized carbons (Fsp3) is 0.600. The Morgan fingerprint density at radius 3 is 2.54 bits per heavy atom. The van der Waals surface area contributed by atoms with Gasteiger partial charge in [0.05, 0.1) is 25.4 Å². The number of ether oxygens (including phenoxy) is 2. The van der Waals surface area contributed by atoms with Crippen LogP contribution in [0.25, 0.3) is 0 Å². The van der Waals surface area contributed by atoms with E-state index in [0.29, 0.717) is 13.2 Å². The van der Waals surface area contributed by atoms with Gasteiger partial charge in [-0.15, -0.1) is 0 Å². The highest BCUT2D eigenvalue weighted by Crippen LogP contribution is 2.45. The molecule has 132 valence electrons. The average molecular weight is 347 g/mol. The van der Waals surface area contributed by atoms with Gasteiger partial charge in [0.15, 0.2) is 8.32 Å². The zero-order chi connectivity index (χ0) is 17.4. The Bertz CT molecular complexity index is 591. The molecular formula is C20H30O3Si. The molecule has 2 aliphatic rings. The first-order valence-corrected chi connectivity index (χ1v) is 11.8. The quantitative estimate of drug-likeness (QED) is 0.552. The molecule has 0 radical (unpaired) electrons. The van der Waals surface area contributed by atoms with Crippen molar-refractivity contribution < 1.29 is 13.9 Å². The smallest absolute Gasteiger partial charge is 0.192 e. The molecule has 2 bridgehead atoms. The van der Waals surface area contributed by atoms with E-state index in [0.717, 1.165) is 6.42 Å². The van der Waals surface area contributed by atoms with E-state index in [-0.39, 0.29) is 17.2 Å². The van der Waals surface area contributed by atoms with Crippen molar-refractivity contribution in [3.63, 3.8) is 0 Å². The normalized spacial score (nSPS) is 29.4. The van der Waals surface area contributed by atoms with Crippen molar-refractivity contribution in [3.05, 3.63) is 48.0 Å². The Morgan fingerprint density at radius 2 is 1.92 bits per heavy atom. The summed E-state index contributed by atoms with van der Waals surface area (Å²) in [4.78, 5) is 0. The molecule has 0 saturated carbocycles. The lowest BCUT2D eigenvalue weighted by Gasteiger charge is -2.42. The third-order valence-electron chi connectivity index (χ3n) is 5.64. The summed E-state index contributed by atoms with van der Waals surface area (Å²) in [5.41, 5.74) is 0.780. The second kappa shape index (κ2) is 6.41. The van der Waals surface area contributed by atoms with Crippen molar-refractivity contribution in [2.75, 3.05) is 6.61 Å². The molecule has 0 amide bonds. The summed E-state index contributed by atoms with van der Waals surface area (Å²) < 4.78 is 18.9. The summed E-state index contributed by atoms with van der Waals surface area (Å²) >= 11 is 0. The Kier molecular flexibility index (Phi) is 4.77. The Labute approximate surface area is 147 Å². The second-order valence-electron chi connectivity index (χ2n) is 8.55. The lowest BCUT2D eigenvalue weighted by atomic mass is 9.92. The van der Waals surface area contributed by atoms with Crippen molar-refractivity contribution in [2.24, 2.45) is 0 Å². The van der Waals surface area contributed by atoms with Gasteiger partial charge in [-0.1, -0.05) is 57.2 Å². The van der Waals surface area contributed by atoms with E-state index in [9.17, 15) is 0 Å². The molecular weight excluding hydrogens is 316 g/mol. The van der Waals surface area contributed by atoms with Gasteiger partial charge in [0.2, 0.25) is 0 Å². The minimum absolute atomic E-state index is 0.101. The maximum Gasteiger partial charge on any atom is 0.192 e. The van der Waals surface area contributed by atoms with Crippen LogP contribution in [0.4, 0.5) is 0 Å². The monoisotopic (exact) mass is 346 g/mol. The van der Waals surface area contributed by atoms with Gasteiger partial charge in [0.25, 0.3) is 0 Å². The van der Waals surface area contributed by atoms with Crippen LogP contribution in [0.15, 0.2) is 42.5 Å². The van der Waals surface area contributed by atoms with E-state index in [1.807, 2.05) is 18.2 Å². The van der Waals surface area contributed by atoms with Gasteiger partial charge in [-0.05, 0) is 29.8 Å². The molecule has 3 rings (SSSR count). The molecule has 1 aromatic carbocycles. The summed E-state index contributed by atoms with van der Waals surface area (Å²) in [6, 6.07) is 10.3. The first kappa shape index (κ1) is 17.9. The van der Waals surface area contributed by atoms with Gasteiger partial charge in [0, 0.05) is 6.42 Å². The van der Waals surface area contributed by atoms with Crippen molar-refractivity contribution in [3.8, 4) is 0 Å². The van der Waals surface area contributed by atoms with Crippen molar-refractivity contribution >= 4 is 8.32 Å². The molecule has 0 aliphatic carbocycles. The number of benzene rings is 1. The van der Waals surface area contributed by atoms with E-state index < -0.39 is 13.9 Å². The summed E-state index contributed by atoms with van der Waals surface area (Å²) in [6.45, 7) is 12.6. The highest BCUT2D eigenvalue weighted by atomic mass is 28.4. The van der Waals surface area contributed by atoms with Gasteiger partial charge < -0.3 is 13.9 Å². The van der Waals surface area contributed by atoms with Crippen LogP contribution in [-0.4, -0.2) is 32.7 Å². The van der Waals surface area contributed by atoms with Crippen molar-refractivity contribution in [1.82, 2.24) is 0 Å². The largest absolute Gasteiger partial charge is 0.410 e. The zero-order valence-electron chi connectivity index (χ0n) is 15.5. The molecule has 1 aromatic rings. The lowest BCUT2D eigenvalue weighted by Crippen LogP contribution is -2.51. The number of hydrogen-bond acceptors (Lipinski definition) is 3.